The van der Waals surface area contributed by atoms with Crippen LogP contribution >= 0.6 is 0 Å². The van der Waals surface area contributed by atoms with Crippen LogP contribution in [0, 0.1) is 0 Å². The predicted octanol–water partition coefficient (Wildman–Crippen LogP) is 4.77. The minimum absolute atomic E-state index is 0.0109. The smallest absolute Gasteiger partial charge is 0.434 e. The van der Waals surface area contributed by atoms with Crippen molar-refractivity contribution in [3.63, 3.8) is 0 Å². The second-order valence-electron chi connectivity index (χ2n) is 7.80. The van der Waals surface area contributed by atoms with Crippen LogP contribution in [0.2, 0.25) is 0 Å². The molecule has 1 aliphatic heterocycles. The average molecular weight is 487 g/mol. The Hall–Kier alpha value is -2.05. The van der Waals surface area contributed by atoms with Gasteiger partial charge in [0.05, 0.1) is 13.2 Å². The van der Waals surface area contributed by atoms with Gasteiger partial charge in [0.25, 0.3) is 6.10 Å². The van der Waals surface area contributed by atoms with Crippen molar-refractivity contribution < 1.29 is 35.8 Å². The highest BCUT2D eigenvalue weighted by Crippen LogP contribution is 2.36. The van der Waals surface area contributed by atoms with Crippen molar-refractivity contribution in [2.45, 2.75) is 70.8 Å². The standard InChI is InChI=1S/C20H31F6N5O2/c1-3-5-7-9-30(10-8-6-4-2)16-27-17(31-11-13-32-14-12-31)29-18(28-16)33-15(19(21,22)23)20(24,25)26/h15H,3-14H2,1-2H3. The molecule has 13 heteroatoms. The third-order valence-corrected chi connectivity index (χ3v) is 5.05. The van der Waals surface area contributed by atoms with E-state index in [9.17, 15) is 26.3 Å². The number of aromatic nitrogens is 3. The average Bonchev–Trinajstić information content (AvgIpc) is 2.75. The van der Waals surface area contributed by atoms with Crippen LogP contribution in [-0.2, 0) is 4.74 Å². The minimum atomic E-state index is -5.67. The Morgan fingerprint density at radius 3 is 1.91 bits per heavy atom. The van der Waals surface area contributed by atoms with Gasteiger partial charge in [-0.3, -0.25) is 0 Å². The number of hydrogen-bond acceptors (Lipinski definition) is 7. The van der Waals surface area contributed by atoms with Gasteiger partial charge < -0.3 is 19.3 Å². The van der Waals surface area contributed by atoms with Crippen molar-refractivity contribution in [2.75, 3.05) is 49.2 Å². The van der Waals surface area contributed by atoms with Crippen LogP contribution in [0.4, 0.5) is 38.2 Å². The van der Waals surface area contributed by atoms with Crippen LogP contribution in [0.25, 0.3) is 0 Å². The number of rotatable bonds is 12. The maximum absolute atomic E-state index is 13.1. The summed E-state index contributed by atoms with van der Waals surface area (Å²) >= 11 is 0. The Labute approximate surface area is 189 Å². The second kappa shape index (κ2) is 12.4. The Morgan fingerprint density at radius 2 is 1.42 bits per heavy atom. The molecule has 1 aromatic heterocycles. The van der Waals surface area contributed by atoms with Gasteiger partial charge in [0.1, 0.15) is 0 Å². The zero-order valence-corrected chi connectivity index (χ0v) is 18.9. The van der Waals surface area contributed by atoms with Crippen LogP contribution in [0.15, 0.2) is 0 Å². The highest BCUT2D eigenvalue weighted by molar-refractivity contribution is 5.40. The normalized spacial score (nSPS) is 15.2. The van der Waals surface area contributed by atoms with Crippen molar-refractivity contribution >= 4 is 11.9 Å². The molecule has 0 atom stereocenters. The Morgan fingerprint density at radius 1 is 0.879 bits per heavy atom. The zero-order chi connectivity index (χ0) is 24.5. The Kier molecular flexibility index (Phi) is 10.2. The lowest BCUT2D eigenvalue weighted by Gasteiger charge is -2.29. The zero-order valence-electron chi connectivity index (χ0n) is 18.9. The molecule has 1 aliphatic rings. The first kappa shape index (κ1) is 27.2. The fraction of sp³-hybridized carbons (Fsp3) is 0.850. The lowest BCUT2D eigenvalue weighted by molar-refractivity contribution is -0.301. The van der Waals surface area contributed by atoms with Gasteiger partial charge in [-0.25, -0.2) is 0 Å². The van der Waals surface area contributed by atoms with Crippen LogP contribution in [-0.4, -0.2) is 72.8 Å². The van der Waals surface area contributed by atoms with E-state index in [1.807, 2.05) is 13.8 Å². The fourth-order valence-electron chi connectivity index (χ4n) is 3.28. The van der Waals surface area contributed by atoms with Crippen molar-refractivity contribution in [2.24, 2.45) is 0 Å². The van der Waals surface area contributed by atoms with Gasteiger partial charge in [-0.05, 0) is 12.8 Å². The molecule has 1 aromatic rings. The van der Waals surface area contributed by atoms with E-state index < -0.39 is 24.5 Å². The molecule has 0 radical (unpaired) electrons. The number of nitrogens with zero attached hydrogens (tertiary/aromatic N) is 5. The first-order valence-corrected chi connectivity index (χ1v) is 11.2. The van der Waals surface area contributed by atoms with Crippen molar-refractivity contribution in [1.29, 1.82) is 0 Å². The molecule has 2 heterocycles. The summed E-state index contributed by atoms with van der Waals surface area (Å²) in [5, 5.41) is 0. The largest absolute Gasteiger partial charge is 0.440 e. The molecule has 1 saturated heterocycles. The van der Waals surface area contributed by atoms with Gasteiger partial charge >= 0.3 is 18.4 Å². The Bertz CT molecular complexity index is 689. The molecule has 0 spiro atoms. The van der Waals surface area contributed by atoms with Gasteiger partial charge in [-0.15, -0.1) is 0 Å². The minimum Gasteiger partial charge on any atom is -0.440 e. The molecule has 0 unspecified atom stereocenters. The van der Waals surface area contributed by atoms with Crippen LogP contribution in [0.3, 0.4) is 0 Å². The summed E-state index contributed by atoms with van der Waals surface area (Å²) in [6, 6.07) is -1.00. The molecule has 33 heavy (non-hydrogen) atoms. The number of unbranched alkanes of at least 4 members (excludes halogenated alkanes) is 4. The van der Waals surface area contributed by atoms with E-state index >= 15 is 0 Å². The van der Waals surface area contributed by atoms with E-state index in [0.717, 1.165) is 38.5 Å². The number of anilines is 2. The molecule has 7 nitrogen and oxygen atoms in total. The molecular formula is C20H31F6N5O2. The second-order valence-corrected chi connectivity index (χ2v) is 7.80. The molecule has 0 amide bonds. The first-order chi connectivity index (χ1) is 15.6. The van der Waals surface area contributed by atoms with E-state index in [2.05, 4.69) is 19.7 Å². The maximum Gasteiger partial charge on any atom is 0.434 e. The Balaban J connectivity index is 2.42. The van der Waals surface area contributed by atoms with Crippen LogP contribution in [0.1, 0.15) is 52.4 Å². The lowest BCUT2D eigenvalue weighted by atomic mass is 10.2. The summed E-state index contributed by atoms with van der Waals surface area (Å²) in [5.74, 6) is -0.0193. The number of morpholine rings is 1. The van der Waals surface area contributed by atoms with Gasteiger partial charge in [0.2, 0.25) is 11.9 Å². The van der Waals surface area contributed by atoms with Crippen molar-refractivity contribution in [1.82, 2.24) is 15.0 Å². The van der Waals surface area contributed by atoms with E-state index in [-0.39, 0.29) is 11.9 Å². The summed E-state index contributed by atoms with van der Waals surface area (Å²) in [6.45, 7) is 6.45. The van der Waals surface area contributed by atoms with Gasteiger partial charge in [-0.1, -0.05) is 39.5 Å². The molecule has 0 saturated carbocycles. The molecular weight excluding hydrogens is 456 g/mol. The molecule has 190 valence electrons. The summed E-state index contributed by atoms with van der Waals surface area (Å²) in [7, 11) is 0. The number of ether oxygens (including phenoxy) is 2. The lowest BCUT2D eigenvalue weighted by Crippen LogP contribution is -2.47. The van der Waals surface area contributed by atoms with Crippen LogP contribution in [0.5, 0.6) is 6.01 Å². The quantitative estimate of drug-likeness (QED) is 0.311. The SMILES string of the molecule is CCCCCN(CCCCC)c1nc(OC(C(F)(F)F)C(F)(F)F)nc(N2CCOCC2)n1. The first-order valence-electron chi connectivity index (χ1n) is 11.2. The van der Waals surface area contributed by atoms with Crippen LogP contribution < -0.4 is 14.5 Å². The third kappa shape index (κ3) is 8.67. The van der Waals surface area contributed by atoms with E-state index in [0.29, 0.717) is 39.4 Å². The number of alkyl halides is 6. The number of halogens is 6. The number of hydrogen-bond donors (Lipinski definition) is 0. The van der Waals surface area contributed by atoms with Crippen molar-refractivity contribution in [3.05, 3.63) is 0 Å². The third-order valence-electron chi connectivity index (χ3n) is 5.05. The highest BCUT2D eigenvalue weighted by atomic mass is 19.4. The molecule has 0 bridgehead atoms. The van der Waals surface area contributed by atoms with Gasteiger partial charge in [-0.2, -0.15) is 41.3 Å². The molecule has 0 aliphatic carbocycles. The van der Waals surface area contributed by atoms with E-state index in [4.69, 9.17) is 4.74 Å². The maximum atomic E-state index is 13.1. The van der Waals surface area contributed by atoms with E-state index in [1.54, 1.807) is 9.80 Å². The molecule has 0 aromatic carbocycles. The van der Waals surface area contributed by atoms with Crippen molar-refractivity contribution in [3.8, 4) is 6.01 Å². The monoisotopic (exact) mass is 487 g/mol. The molecule has 1 fully saturated rings. The highest BCUT2D eigenvalue weighted by Gasteiger charge is 2.59. The molecule has 0 N–H and O–H groups in total. The van der Waals surface area contributed by atoms with Gasteiger partial charge in [0.15, 0.2) is 0 Å². The summed E-state index contributed by atoms with van der Waals surface area (Å²) in [6.07, 6.45) is -10.1. The predicted molar refractivity (Wildman–Crippen MR) is 111 cm³/mol. The van der Waals surface area contributed by atoms with Gasteiger partial charge in [0, 0.05) is 26.2 Å². The summed E-state index contributed by atoms with van der Waals surface area (Å²) in [5.41, 5.74) is 0. The summed E-state index contributed by atoms with van der Waals surface area (Å²) in [4.78, 5) is 15.5. The van der Waals surface area contributed by atoms with E-state index in [1.165, 1.54) is 0 Å². The fourth-order valence-corrected chi connectivity index (χ4v) is 3.28. The topological polar surface area (TPSA) is 63.6 Å². The summed E-state index contributed by atoms with van der Waals surface area (Å²) < 4.78 is 88.0. The molecule has 2 rings (SSSR count).